The predicted molar refractivity (Wildman–Crippen MR) is 76.1 cm³/mol. The van der Waals surface area contributed by atoms with Gasteiger partial charge in [-0.25, -0.2) is 0 Å². The zero-order valence-corrected chi connectivity index (χ0v) is 11.2. The van der Waals surface area contributed by atoms with Gasteiger partial charge >= 0.3 is 0 Å². The van der Waals surface area contributed by atoms with Crippen molar-refractivity contribution in [3.63, 3.8) is 0 Å². The van der Waals surface area contributed by atoms with E-state index in [1.165, 1.54) is 29.0 Å². The molecule has 110 valence electrons. The molecule has 2 heterocycles. The molecule has 0 bridgehead atoms. The van der Waals surface area contributed by atoms with Gasteiger partial charge in [0.2, 0.25) is 5.56 Å². The highest BCUT2D eigenvalue weighted by atomic mass is 16.3. The van der Waals surface area contributed by atoms with Crippen LogP contribution in [0.2, 0.25) is 0 Å². The molecule has 2 aromatic rings. The van der Waals surface area contributed by atoms with Crippen LogP contribution in [0.5, 0.6) is 0 Å². The summed E-state index contributed by atoms with van der Waals surface area (Å²) in [5, 5.41) is 12.3. The second kappa shape index (κ2) is 6.67. The molecule has 0 fully saturated rings. The molecule has 7 heteroatoms. The molecule has 3 N–H and O–H groups in total. The molecule has 0 aliphatic heterocycles. The summed E-state index contributed by atoms with van der Waals surface area (Å²) in [6.07, 6.45) is 2.03. The molecule has 0 radical (unpaired) electrons. The van der Waals surface area contributed by atoms with Gasteiger partial charge in [-0.1, -0.05) is 6.07 Å². The number of aromatic amines is 1. The van der Waals surface area contributed by atoms with E-state index in [2.05, 4.69) is 10.3 Å². The summed E-state index contributed by atoms with van der Waals surface area (Å²) in [5.41, 5.74) is -0.390. The van der Waals surface area contributed by atoms with Gasteiger partial charge in [-0.15, -0.1) is 0 Å². The van der Waals surface area contributed by atoms with E-state index in [0.717, 1.165) is 0 Å². The highest BCUT2D eigenvalue weighted by Crippen LogP contribution is 1.94. The van der Waals surface area contributed by atoms with Crippen LogP contribution < -0.4 is 16.4 Å². The molecule has 0 aromatic carbocycles. The smallest absolute Gasteiger partial charge is 0.251 e. The number of aliphatic hydroxyl groups excluding tert-OH is 1. The zero-order chi connectivity index (χ0) is 15.2. The maximum Gasteiger partial charge on any atom is 0.251 e. The Hall–Kier alpha value is -2.67. The number of hydrogen-bond acceptors (Lipinski definition) is 4. The number of amides is 1. The Morgan fingerprint density at radius 3 is 2.86 bits per heavy atom. The lowest BCUT2D eigenvalue weighted by Gasteiger charge is -2.13. The Kier molecular flexibility index (Phi) is 4.68. The molecule has 2 rings (SSSR count). The van der Waals surface area contributed by atoms with Crippen molar-refractivity contribution in [3.05, 3.63) is 69.0 Å². The van der Waals surface area contributed by atoms with Crippen molar-refractivity contribution in [2.24, 2.45) is 0 Å². The molecular formula is C14H15N3O4. The van der Waals surface area contributed by atoms with Crippen LogP contribution in [0.25, 0.3) is 0 Å². The molecular weight excluding hydrogens is 274 g/mol. The summed E-state index contributed by atoms with van der Waals surface area (Å²) in [6.45, 7) is 0.0578. The number of carbonyl (C=O) groups excluding carboxylic acids is 1. The molecule has 1 unspecified atom stereocenters. The highest BCUT2D eigenvalue weighted by Gasteiger charge is 2.10. The van der Waals surface area contributed by atoms with E-state index >= 15 is 0 Å². The van der Waals surface area contributed by atoms with Gasteiger partial charge in [0.05, 0.1) is 12.6 Å². The fourth-order valence-electron chi connectivity index (χ4n) is 1.80. The maximum absolute atomic E-state index is 11.8. The van der Waals surface area contributed by atoms with Crippen molar-refractivity contribution >= 4 is 5.91 Å². The van der Waals surface area contributed by atoms with Gasteiger partial charge < -0.3 is 20.0 Å². The lowest BCUT2D eigenvalue weighted by molar-refractivity contribution is 0.0903. The van der Waals surface area contributed by atoms with Gasteiger partial charge in [-0.2, -0.15) is 0 Å². The van der Waals surface area contributed by atoms with Gasteiger partial charge in [0.15, 0.2) is 0 Å². The van der Waals surface area contributed by atoms with Crippen molar-refractivity contribution < 1.29 is 9.90 Å². The number of rotatable bonds is 5. The molecule has 1 amide bonds. The third-order valence-electron chi connectivity index (χ3n) is 2.84. The van der Waals surface area contributed by atoms with E-state index in [4.69, 9.17) is 0 Å². The first kappa shape index (κ1) is 14.7. The molecule has 1 atom stereocenters. The van der Waals surface area contributed by atoms with Crippen LogP contribution in [-0.2, 0) is 6.54 Å². The number of aliphatic hydroxyl groups is 1. The van der Waals surface area contributed by atoms with Gasteiger partial charge in [-0.3, -0.25) is 14.4 Å². The van der Waals surface area contributed by atoms with Crippen LogP contribution in [0.1, 0.15) is 10.4 Å². The largest absolute Gasteiger partial charge is 0.389 e. The van der Waals surface area contributed by atoms with E-state index < -0.39 is 12.0 Å². The molecule has 0 aliphatic rings. The van der Waals surface area contributed by atoms with Crippen LogP contribution in [0.3, 0.4) is 0 Å². The first-order valence-corrected chi connectivity index (χ1v) is 6.37. The van der Waals surface area contributed by atoms with Crippen molar-refractivity contribution in [3.8, 4) is 0 Å². The van der Waals surface area contributed by atoms with E-state index in [1.54, 1.807) is 18.3 Å². The fraction of sp³-hybridized carbons (Fsp3) is 0.214. The molecule has 7 nitrogen and oxygen atoms in total. The summed E-state index contributed by atoms with van der Waals surface area (Å²) in [4.78, 5) is 36.8. The predicted octanol–water partition coefficient (Wildman–Crippen LogP) is -0.673. The van der Waals surface area contributed by atoms with Gasteiger partial charge in [0.25, 0.3) is 11.5 Å². The van der Waals surface area contributed by atoms with Crippen molar-refractivity contribution in [1.82, 2.24) is 14.9 Å². The van der Waals surface area contributed by atoms with Gasteiger partial charge in [0.1, 0.15) is 0 Å². The number of hydrogen-bond donors (Lipinski definition) is 3. The zero-order valence-electron chi connectivity index (χ0n) is 11.2. The quantitative estimate of drug-likeness (QED) is 0.679. The molecule has 21 heavy (non-hydrogen) atoms. The Morgan fingerprint density at radius 2 is 2.14 bits per heavy atom. The van der Waals surface area contributed by atoms with Crippen molar-refractivity contribution in [1.29, 1.82) is 0 Å². The SMILES string of the molecule is O=C(NCC(O)Cn1ccccc1=O)c1cc[nH]c(=O)c1. The molecule has 0 aliphatic carbocycles. The molecule has 0 saturated heterocycles. The number of aromatic nitrogens is 2. The summed E-state index contributed by atoms with van der Waals surface area (Å²) in [6, 6.07) is 7.32. The van der Waals surface area contributed by atoms with Gasteiger partial charge in [-0.05, 0) is 12.1 Å². The summed E-state index contributed by atoms with van der Waals surface area (Å²) < 4.78 is 1.35. The Morgan fingerprint density at radius 1 is 1.33 bits per heavy atom. The minimum atomic E-state index is -0.906. The number of nitrogens with zero attached hydrogens (tertiary/aromatic N) is 1. The van der Waals surface area contributed by atoms with Crippen molar-refractivity contribution in [2.45, 2.75) is 12.6 Å². The summed E-state index contributed by atoms with van der Waals surface area (Å²) in [5.74, 6) is -0.458. The number of pyridine rings is 2. The maximum atomic E-state index is 11.8. The van der Waals surface area contributed by atoms with E-state index in [-0.39, 0.29) is 29.8 Å². The van der Waals surface area contributed by atoms with Crippen LogP contribution in [0.4, 0.5) is 0 Å². The van der Waals surface area contributed by atoms with E-state index in [1.807, 2.05) is 0 Å². The third kappa shape index (κ3) is 4.15. The fourth-order valence-corrected chi connectivity index (χ4v) is 1.80. The van der Waals surface area contributed by atoms with Crippen LogP contribution in [0, 0.1) is 0 Å². The second-order valence-corrected chi connectivity index (χ2v) is 4.50. The normalized spacial score (nSPS) is 11.9. The number of H-pyrrole nitrogens is 1. The minimum Gasteiger partial charge on any atom is -0.389 e. The summed E-state index contributed by atoms with van der Waals surface area (Å²) >= 11 is 0. The Bertz CT molecular complexity index is 735. The minimum absolute atomic E-state index is 0.0209. The lowest BCUT2D eigenvalue weighted by atomic mass is 10.2. The molecule has 0 saturated carbocycles. The first-order chi connectivity index (χ1) is 10.1. The van der Waals surface area contributed by atoms with Crippen LogP contribution in [-0.4, -0.2) is 33.2 Å². The number of carbonyl (C=O) groups is 1. The lowest BCUT2D eigenvalue weighted by Crippen LogP contribution is -2.36. The number of nitrogens with one attached hydrogen (secondary N) is 2. The topological polar surface area (TPSA) is 104 Å². The van der Waals surface area contributed by atoms with Gasteiger partial charge in [0, 0.05) is 36.6 Å². The van der Waals surface area contributed by atoms with E-state index in [0.29, 0.717) is 0 Å². The first-order valence-electron chi connectivity index (χ1n) is 6.37. The second-order valence-electron chi connectivity index (χ2n) is 4.50. The van der Waals surface area contributed by atoms with Crippen LogP contribution >= 0.6 is 0 Å². The highest BCUT2D eigenvalue weighted by molar-refractivity contribution is 5.93. The monoisotopic (exact) mass is 289 g/mol. The average Bonchev–Trinajstić information content (AvgIpc) is 2.47. The molecule has 0 spiro atoms. The summed E-state index contributed by atoms with van der Waals surface area (Å²) in [7, 11) is 0. The standard InChI is InChI=1S/C14H15N3O4/c18-11(9-17-6-2-1-3-13(17)20)8-16-14(21)10-4-5-15-12(19)7-10/h1-7,11,18H,8-9H2,(H,15,19)(H,16,21). The Balaban J connectivity index is 1.91. The van der Waals surface area contributed by atoms with E-state index in [9.17, 15) is 19.5 Å². The van der Waals surface area contributed by atoms with Crippen molar-refractivity contribution in [2.75, 3.05) is 6.54 Å². The third-order valence-corrected chi connectivity index (χ3v) is 2.84. The Labute approximate surface area is 119 Å². The van der Waals surface area contributed by atoms with Crippen LogP contribution in [0.15, 0.2) is 52.3 Å². The molecule has 2 aromatic heterocycles. The average molecular weight is 289 g/mol.